The maximum Gasteiger partial charge on any atom is 0.433 e. The standard InChI is InChI=1S/C15H15F3N8O2S/c1-14(2,29-10-8-9(21-5-20-8)24-12(19)25-10)11(27)26-13-22-6(15(16,17)18)4-7(23-13)28-3/h4-5H,1-3H3,(H,22,23,26,27)(H3,19,20,21,24,25). The third-order valence-electron chi connectivity index (χ3n) is 3.60. The third-order valence-corrected chi connectivity index (χ3v) is 4.78. The highest BCUT2D eigenvalue weighted by molar-refractivity contribution is 8.01. The minimum atomic E-state index is -4.73. The van der Waals surface area contributed by atoms with Gasteiger partial charge < -0.3 is 15.5 Å². The minimum absolute atomic E-state index is 0.0331. The van der Waals surface area contributed by atoms with Crippen LogP contribution < -0.4 is 15.8 Å². The van der Waals surface area contributed by atoms with Gasteiger partial charge in [0.15, 0.2) is 11.3 Å². The first-order valence-electron chi connectivity index (χ1n) is 7.97. The molecule has 4 N–H and O–H groups in total. The maximum absolute atomic E-state index is 13.0. The molecule has 0 saturated carbocycles. The van der Waals surface area contributed by atoms with E-state index in [9.17, 15) is 18.0 Å². The van der Waals surface area contributed by atoms with Gasteiger partial charge in [-0.25, -0.2) is 15.0 Å². The van der Waals surface area contributed by atoms with Crippen molar-refractivity contribution >= 4 is 40.7 Å². The van der Waals surface area contributed by atoms with Gasteiger partial charge in [-0.05, 0) is 13.8 Å². The maximum atomic E-state index is 13.0. The molecular formula is C15H15F3N8O2S. The molecule has 0 fully saturated rings. The number of nitrogens with zero attached hydrogens (tertiary/aromatic N) is 5. The van der Waals surface area contributed by atoms with Crippen LogP contribution >= 0.6 is 11.8 Å². The number of aromatic amines is 1. The van der Waals surface area contributed by atoms with E-state index in [2.05, 4.69) is 35.2 Å². The number of carbonyl (C=O) groups is 1. The summed E-state index contributed by atoms with van der Waals surface area (Å²) in [6.07, 6.45) is -3.33. The first-order valence-corrected chi connectivity index (χ1v) is 8.78. The van der Waals surface area contributed by atoms with Crippen LogP contribution in [-0.4, -0.2) is 47.7 Å². The second-order valence-corrected chi connectivity index (χ2v) is 7.78. The zero-order valence-electron chi connectivity index (χ0n) is 15.3. The number of amides is 1. The Bertz CT molecular complexity index is 1070. The van der Waals surface area contributed by atoms with Gasteiger partial charge in [0.2, 0.25) is 23.7 Å². The summed E-state index contributed by atoms with van der Waals surface area (Å²) in [7, 11) is 1.16. The number of hydrogen-bond acceptors (Lipinski definition) is 9. The Kier molecular flexibility index (Phi) is 5.21. The number of H-pyrrole nitrogens is 1. The number of thioether (sulfide) groups is 1. The van der Waals surface area contributed by atoms with Gasteiger partial charge in [0.25, 0.3) is 0 Å². The van der Waals surface area contributed by atoms with Gasteiger partial charge in [-0.1, -0.05) is 11.8 Å². The SMILES string of the molecule is COc1cc(C(F)(F)F)nc(NC(=O)C(C)(C)Sc2nc(N)nc3nc[nH]c23)n1. The van der Waals surface area contributed by atoms with Crippen molar-refractivity contribution in [3.63, 3.8) is 0 Å². The molecule has 0 aromatic carbocycles. The number of alkyl halides is 3. The van der Waals surface area contributed by atoms with E-state index in [4.69, 9.17) is 10.5 Å². The number of aromatic nitrogens is 6. The predicted molar refractivity (Wildman–Crippen MR) is 98.2 cm³/mol. The zero-order chi connectivity index (χ0) is 21.4. The molecule has 0 saturated heterocycles. The molecule has 0 spiro atoms. The van der Waals surface area contributed by atoms with E-state index in [0.717, 1.165) is 18.9 Å². The Morgan fingerprint density at radius 3 is 2.62 bits per heavy atom. The summed E-state index contributed by atoms with van der Waals surface area (Å²) in [4.78, 5) is 34.7. The van der Waals surface area contributed by atoms with Crippen LogP contribution in [0.25, 0.3) is 11.2 Å². The highest BCUT2D eigenvalue weighted by Crippen LogP contribution is 2.36. The number of hydrogen-bond donors (Lipinski definition) is 3. The molecule has 0 bridgehead atoms. The van der Waals surface area contributed by atoms with Crippen molar-refractivity contribution in [3.8, 4) is 5.88 Å². The molecule has 0 atom stereocenters. The molecule has 3 heterocycles. The van der Waals surface area contributed by atoms with E-state index in [1.54, 1.807) is 13.8 Å². The molecule has 14 heteroatoms. The lowest BCUT2D eigenvalue weighted by Gasteiger charge is -2.22. The van der Waals surface area contributed by atoms with Crippen LogP contribution in [0.15, 0.2) is 17.4 Å². The first-order chi connectivity index (χ1) is 13.5. The topological polar surface area (TPSA) is 145 Å². The van der Waals surface area contributed by atoms with Gasteiger partial charge in [0.1, 0.15) is 10.5 Å². The summed E-state index contributed by atoms with van der Waals surface area (Å²) in [5, 5.41) is 2.64. The van der Waals surface area contributed by atoms with Crippen molar-refractivity contribution in [2.75, 3.05) is 18.2 Å². The molecule has 0 aliphatic heterocycles. The van der Waals surface area contributed by atoms with Crippen molar-refractivity contribution in [2.45, 2.75) is 29.8 Å². The summed E-state index contributed by atoms with van der Waals surface area (Å²) in [6.45, 7) is 3.11. The van der Waals surface area contributed by atoms with E-state index < -0.39 is 28.5 Å². The van der Waals surface area contributed by atoms with E-state index in [1.807, 2.05) is 0 Å². The molecule has 1 amide bonds. The van der Waals surface area contributed by atoms with Crippen LogP contribution in [0, 0.1) is 0 Å². The average molecular weight is 428 g/mol. The number of nitrogen functional groups attached to an aromatic ring is 1. The number of ether oxygens (including phenoxy) is 1. The molecule has 29 heavy (non-hydrogen) atoms. The molecule has 3 aromatic heterocycles. The van der Waals surface area contributed by atoms with Gasteiger partial charge in [-0.2, -0.15) is 23.1 Å². The van der Waals surface area contributed by atoms with E-state index >= 15 is 0 Å². The summed E-state index contributed by atoms with van der Waals surface area (Å²) in [6, 6.07) is 0.633. The normalized spacial score (nSPS) is 12.2. The van der Waals surface area contributed by atoms with Crippen LogP contribution in [-0.2, 0) is 11.0 Å². The summed E-state index contributed by atoms with van der Waals surface area (Å²) in [5.41, 5.74) is 5.21. The Hall–Kier alpha value is -3.16. The number of nitrogens with one attached hydrogen (secondary N) is 2. The number of carbonyl (C=O) groups excluding carboxylic acids is 1. The van der Waals surface area contributed by atoms with E-state index in [0.29, 0.717) is 22.3 Å². The summed E-state index contributed by atoms with van der Waals surface area (Å²) >= 11 is 1.02. The number of halogens is 3. The number of nitrogens with two attached hydrogens (primary N) is 1. The average Bonchev–Trinajstić information content (AvgIpc) is 3.08. The second-order valence-electron chi connectivity index (χ2n) is 6.17. The highest BCUT2D eigenvalue weighted by atomic mass is 32.2. The van der Waals surface area contributed by atoms with Crippen LogP contribution in [0.2, 0.25) is 0 Å². The van der Waals surface area contributed by atoms with E-state index in [-0.39, 0.29) is 11.8 Å². The third kappa shape index (κ3) is 4.47. The second kappa shape index (κ2) is 7.35. The van der Waals surface area contributed by atoms with Crippen LogP contribution in [0.1, 0.15) is 19.5 Å². The molecule has 3 rings (SSSR count). The Morgan fingerprint density at radius 1 is 1.24 bits per heavy atom. The van der Waals surface area contributed by atoms with Gasteiger partial charge >= 0.3 is 6.18 Å². The van der Waals surface area contributed by atoms with Crippen LogP contribution in [0.3, 0.4) is 0 Å². The number of methoxy groups -OCH3 is 1. The molecule has 0 unspecified atom stereocenters. The number of rotatable bonds is 5. The lowest BCUT2D eigenvalue weighted by molar-refractivity contribution is -0.141. The van der Waals surface area contributed by atoms with Crippen LogP contribution in [0.4, 0.5) is 25.1 Å². The molecule has 0 aliphatic carbocycles. The fraction of sp³-hybridized carbons (Fsp3) is 0.333. The fourth-order valence-corrected chi connectivity index (χ4v) is 3.19. The zero-order valence-corrected chi connectivity index (χ0v) is 16.1. The van der Waals surface area contributed by atoms with Crippen molar-refractivity contribution in [1.82, 2.24) is 29.9 Å². The Labute approximate surface area is 165 Å². The first kappa shape index (κ1) is 20.6. The van der Waals surface area contributed by atoms with Crippen molar-refractivity contribution in [1.29, 1.82) is 0 Å². The summed E-state index contributed by atoms with van der Waals surface area (Å²) < 4.78 is 42.6. The Balaban J connectivity index is 1.87. The van der Waals surface area contributed by atoms with Gasteiger partial charge in [-0.3, -0.25) is 10.1 Å². The minimum Gasteiger partial charge on any atom is -0.481 e. The molecular weight excluding hydrogens is 413 g/mol. The van der Waals surface area contributed by atoms with Gasteiger partial charge in [-0.15, -0.1) is 0 Å². The lowest BCUT2D eigenvalue weighted by atomic mass is 10.2. The van der Waals surface area contributed by atoms with Gasteiger partial charge in [0, 0.05) is 6.07 Å². The molecule has 10 nitrogen and oxygen atoms in total. The van der Waals surface area contributed by atoms with E-state index in [1.165, 1.54) is 6.33 Å². The number of fused-ring (bicyclic) bond motifs is 1. The van der Waals surface area contributed by atoms with Crippen molar-refractivity contribution in [2.24, 2.45) is 0 Å². The predicted octanol–water partition coefficient (Wildman–Crippen LogP) is 2.26. The molecule has 0 radical (unpaired) electrons. The number of imidazole rings is 1. The quantitative estimate of drug-likeness (QED) is 0.411. The highest BCUT2D eigenvalue weighted by Gasteiger charge is 2.36. The largest absolute Gasteiger partial charge is 0.481 e. The van der Waals surface area contributed by atoms with Crippen LogP contribution in [0.5, 0.6) is 5.88 Å². The monoisotopic (exact) mass is 428 g/mol. The molecule has 154 valence electrons. The van der Waals surface area contributed by atoms with Gasteiger partial charge in [0.05, 0.1) is 18.2 Å². The van der Waals surface area contributed by atoms with Crippen molar-refractivity contribution in [3.05, 3.63) is 18.1 Å². The number of anilines is 2. The van der Waals surface area contributed by atoms with Crippen molar-refractivity contribution < 1.29 is 22.7 Å². The summed E-state index contributed by atoms with van der Waals surface area (Å²) in [5.74, 6) is -1.57. The Morgan fingerprint density at radius 2 is 1.97 bits per heavy atom. The molecule has 3 aromatic rings. The fourth-order valence-electron chi connectivity index (χ4n) is 2.17. The molecule has 0 aliphatic rings. The lowest BCUT2D eigenvalue weighted by Crippen LogP contribution is -2.35. The smallest absolute Gasteiger partial charge is 0.433 e.